The van der Waals surface area contributed by atoms with Gasteiger partial charge < -0.3 is 19.8 Å². The van der Waals surface area contributed by atoms with E-state index in [0.29, 0.717) is 12.1 Å². The zero-order valence-electron chi connectivity index (χ0n) is 10.3. The van der Waals surface area contributed by atoms with E-state index < -0.39 is 12.1 Å². The molecule has 0 saturated carbocycles. The molecule has 1 aliphatic rings. The number of nitrogens with zero attached hydrogens (tertiary/aromatic N) is 1. The van der Waals surface area contributed by atoms with Gasteiger partial charge in [-0.1, -0.05) is 12.1 Å². The van der Waals surface area contributed by atoms with Crippen molar-refractivity contribution in [3.63, 3.8) is 0 Å². The predicted molar refractivity (Wildman–Crippen MR) is 65.8 cm³/mol. The van der Waals surface area contributed by atoms with E-state index in [-0.39, 0.29) is 31.2 Å². The fourth-order valence-corrected chi connectivity index (χ4v) is 1.98. The SMILES string of the molecule is O=C(O)C1CN(C(=O)Cc2cccc(O)c2)CCO1. The van der Waals surface area contributed by atoms with Crippen LogP contribution in [0.1, 0.15) is 5.56 Å². The monoisotopic (exact) mass is 265 g/mol. The molecule has 6 nitrogen and oxygen atoms in total. The third kappa shape index (κ3) is 3.45. The highest BCUT2D eigenvalue weighted by atomic mass is 16.5. The molecule has 1 heterocycles. The first-order valence-electron chi connectivity index (χ1n) is 5.96. The minimum atomic E-state index is -1.06. The number of aliphatic carboxylic acids is 1. The second kappa shape index (κ2) is 5.71. The maximum atomic E-state index is 12.0. The highest BCUT2D eigenvalue weighted by Gasteiger charge is 2.28. The number of phenolic OH excluding ortho intramolecular Hbond substituents is 1. The molecule has 0 spiro atoms. The van der Waals surface area contributed by atoms with Crippen molar-refractivity contribution >= 4 is 11.9 Å². The number of hydrogen-bond donors (Lipinski definition) is 2. The minimum absolute atomic E-state index is 0.0625. The van der Waals surface area contributed by atoms with Gasteiger partial charge in [0.1, 0.15) is 5.75 Å². The van der Waals surface area contributed by atoms with Crippen LogP contribution in [0.3, 0.4) is 0 Å². The molecule has 1 atom stereocenters. The highest BCUT2D eigenvalue weighted by molar-refractivity contribution is 5.80. The lowest BCUT2D eigenvalue weighted by Crippen LogP contribution is -2.49. The van der Waals surface area contributed by atoms with Gasteiger partial charge in [-0.15, -0.1) is 0 Å². The molecular weight excluding hydrogens is 250 g/mol. The molecule has 0 bridgehead atoms. The average Bonchev–Trinajstić information content (AvgIpc) is 2.39. The summed E-state index contributed by atoms with van der Waals surface area (Å²) in [6.45, 7) is 0.678. The summed E-state index contributed by atoms with van der Waals surface area (Å²) in [6, 6.07) is 6.46. The first-order chi connectivity index (χ1) is 9.06. The molecule has 102 valence electrons. The summed E-state index contributed by atoms with van der Waals surface area (Å²) in [5.74, 6) is -1.12. The fraction of sp³-hybridized carbons (Fsp3) is 0.385. The fourth-order valence-electron chi connectivity index (χ4n) is 1.98. The van der Waals surface area contributed by atoms with Crippen molar-refractivity contribution in [2.45, 2.75) is 12.5 Å². The molecule has 19 heavy (non-hydrogen) atoms. The molecule has 2 N–H and O–H groups in total. The van der Waals surface area contributed by atoms with Crippen LogP contribution in [0.25, 0.3) is 0 Å². The van der Waals surface area contributed by atoms with Gasteiger partial charge in [-0.2, -0.15) is 0 Å². The van der Waals surface area contributed by atoms with Gasteiger partial charge in [-0.25, -0.2) is 4.79 Å². The summed E-state index contributed by atoms with van der Waals surface area (Å²) < 4.78 is 5.06. The van der Waals surface area contributed by atoms with Crippen LogP contribution in [0.15, 0.2) is 24.3 Å². The van der Waals surface area contributed by atoms with E-state index in [4.69, 9.17) is 9.84 Å². The summed E-state index contributed by atoms with van der Waals surface area (Å²) in [5.41, 5.74) is 0.698. The zero-order chi connectivity index (χ0) is 13.8. The number of carbonyl (C=O) groups is 2. The number of carbonyl (C=O) groups excluding carboxylic acids is 1. The Labute approximate surface area is 110 Å². The van der Waals surface area contributed by atoms with Crippen molar-refractivity contribution < 1.29 is 24.5 Å². The number of benzene rings is 1. The molecule has 0 aromatic heterocycles. The molecule has 1 aromatic carbocycles. The van der Waals surface area contributed by atoms with E-state index in [1.165, 1.54) is 17.0 Å². The van der Waals surface area contributed by atoms with Gasteiger partial charge in [0.05, 0.1) is 19.6 Å². The highest BCUT2D eigenvalue weighted by Crippen LogP contribution is 2.13. The molecular formula is C13H15NO5. The number of hydrogen-bond acceptors (Lipinski definition) is 4. The topological polar surface area (TPSA) is 87.1 Å². The number of morpholine rings is 1. The largest absolute Gasteiger partial charge is 0.508 e. The minimum Gasteiger partial charge on any atom is -0.508 e. The van der Waals surface area contributed by atoms with Crippen LogP contribution in [0.4, 0.5) is 0 Å². The Morgan fingerprint density at radius 2 is 2.21 bits per heavy atom. The van der Waals surface area contributed by atoms with Crippen LogP contribution < -0.4 is 0 Å². The van der Waals surface area contributed by atoms with E-state index in [1.807, 2.05) is 0 Å². The number of ether oxygens (including phenoxy) is 1. The lowest BCUT2D eigenvalue weighted by Gasteiger charge is -2.31. The van der Waals surface area contributed by atoms with Gasteiger partial charge in [0.15, 0.2) is 6.10 Å². The summed E-state index contributed by atoms with van der Waals surface area (Å²) in [7, 11) is 0. The summed E-state index contributed by atoms with van der Waals surface area (Å²) >= 11 is 0. The Hall–Kier alpha value is -2.08. The van der Waals surface area contributed by atoms with Gasteiger partial charge in [-0.05, 0) is 17.7 Å². The third-order valence-electron chi connectivity index (χ3n) is 2.96. The van der Waals surface area contributed by atoms with Crippen molar-refractivity contribution in [3.05, 3.63) is 29.8 Å². The normalized spacial score (nSPS) is 19.2. The number of carboxylic acid groups (broad SMARTS) is 1. The van der Waals surface area contributed by atoms with E-state index in [9.17, 15) is 14.7 Å². The summed E-state index contributed by atoms with van der Waals surface area (Å²) in [4.78, 5) is 24.4. The van der Waals surface area contributed by atoms with Crippen molar-refractivity contribution in [2.75, 3.05) is 19.7 Å². The second-order valence-electron chi connectivity index (χ2n) is 4.38. The molecule has 1 fully saturated rings. The molecule has 1 aromatic rings. The lowest BCUT2D eigenvalue weighted by molar-refractivity contribution is -0.159. The Morgan fingerprint density at radius 1 is 1.42 bits per heavy atom. The van der Waals surface area contributed by atoms with Crippen LogP contribution >= 0.6 is 0 Å². The van der Waals surface area contributed by atoms with Crippen LogP contribution in [-0.2, 0) is 20.7 Å². The van der Waals surface area contributed by atoms with Crippen molar-refractivity contribution in [1.82, 2.24) is 4.90 Å². The van der Waals surface area contributed by atoms with Crippen molar-refractivity contribution in [3.8, 4) is 5.75 Å². The zero-order valence-corrected chi connectivity index (χ0v) is 10.3. The molecule has 1 unspecified atom stereocenters. The van der Waals surface area contributed by atoms with Crippen LogP contribution in [0.5, 0.6) is 5.75 Å². The number of phenols is 1. The van der Waals surface area contributed by atoms with Gasteiger partial charge in [0.25, 0.3) is 0 Å². The smallest absolute Gasteiger partial charge is 0.334 e. The summed E-state index contributed by atoms with van der Waals surface area (Å²) in [5, 5.41) is 18.2. The van der Waals surface area contributed by atoms with E-state index in [1.54, 1.807) is 12.1 Å². The quantitative estimate of drug-likeness (QED) is 0.818. The molecule has 0 aliphatic carbocycles. The van der Waals surface area contributed by atoms with Gasteiger partial charge in [-0.3, -0.25) is 4.79 Å². The van der Waals surface area contributed by atoms with E-state index in [2.05, 4.69) is 0 Å². The third-order valence-corrected chi connectivity index (χ3v) is 2.96. The Morgan fingerprint density at radius 3 is 2.89 bits per heavy atom. The Kier molecular flexibility index (Phi) is 4.01. The van der Waals surface area contributed by atoms with Crippen molar-refractivity contribution in [1.29, 1.82) is 0 Å². The predicted octanol–water partition coefficient (Wildman–Crippen LogP) is 0.247. The van der Waals surface area contributed by atoms with Crippen molar-refractivity contribution in [2.24, 2.45) is 0 Å². The number of amides is 1. The van der Waals surface area contributed by atoms with E-state index >= 15 is 0 Å². The summed E-state index contributed by atoms with van der Waals surface area (Å²) in [6.07, 6.45) is -0.817. The molecule has 1 amide bonds. The molecule has 2 rings (SSSR count). The maximum Gasteiger partial charge on any atom is 0.334 e. The second-order valence-corrected chi connectivity index (χ2v) is 4.38. The molecule has 6 heteroatoms. The standard InChI is InChI=1S/C13H15NO5/c15-10-3-1-2-9(6-10)7-12(16)14-4-5-19-11(8-14)13(17)18/h1-3,6,11,15H,4-5,7-8H2,(H,17,18). The lowest BCUT2D eigenvalue weighted by atomic mass is 10.1. The van der Waals surface area contributed by atoms with Crippen LogP contribution in [0.2, 0.25) is 0 Å². The van der Waals surface area contributed by atoms with Crippen LogP contribution in [0, 0.1) is 0 Å². The molecule has 1 saturated heterocycles. The van der Waals surface area contributed by atoms with Gasteiger partial charge in [0.2, 0.25) is 5.91 Å². The van der Waals surface area contributed by atoms with Gasteiger partial charge >= 0.3 is 5.97 Å². The Bertz CT molecular complexity index is 488. The molecule has 0 radical (unpaired) electrons. The first-order valence-corrected chi connectivity index (χ1v) is 5.96. The maximum absolute atomic E-state index is 12.0. The van der Waals surface area contributed by atoms with Crippen LogP contribution in [-0.4, -0.2) is 52.8 Å². The average molecular weight is 265 g/mol. The van der Waals surface area contributed by atoms with Gasteiger partial charge in [0, 0.05) is 6.54 Å². The first kappa shape index (κ1) is 13.4. The molecule has 1 aliphatic heterocycles. The number of rotatable bonds is 3. The Balaban J connectivity index is 1.98. The van der Waals surface area contributed by atoms with E-state index in [0.717, 1.165) is 0 Å². The number of aromatic hydroxyl groups is 1. The number of carboxylic acids is 1.